The van der Waals surface area contributed by atoms with Crippen LogP contribution in [0.1, 0.15) is 0 Å². The smallest absolute Gasteiger partial charge is 0.214 e. The molecule has 0 spiro atoms. The minimum Gasteiger partial charge on any atom is -0.513 e. The third kappa shape index (κ3) is 1.79. The number of hydrogen-bond donors (Lipinski definition) is 0. The van der Waals surface area contributed by atoms with Gasteiger partial charge in [0.15, 0.2) is 0 Å². The number of fused-ring (bicyclic) bond motifs is 3. The molecule has 20 heavy (non-hydrogen) atoms. The quantitative estimate of drug-likeness (QED) is 0.420. The summed E-state index contributed by atoms with van der Waals surface area (Å²) >= 11 is 0. The molecule has 0 N–H and O–H groups in total. The zero-order valence-corrected chi connectivity index (χ0v) is 12.5. The molecule has 0 fully saturated rings. The van der Waals surface area contributed by atoms with Crippen LogP contribution in [0.25, 0.3) is 27.6 Å². The Labute approximate surface area is 127 Å². The summed E-state index contributed by atoms with van der Waals surface area (Å²) in [6.45, 7) is 0. The normalized spacial score (nSPS) is 10.8. The average Bonchev–Trinajstić information content (AvgIpc) is 3.02. The maximum Gasteiger partial charge on any atom is 0.214 e. The second-order valence-corrected chi connectivity index (χ2v) is 4.23. The molecule has 5 heteroatoms. The average molecular weight is 443 g/mol. The molecular weight excluding hydrogens is 435 g/mol. The molecule has 0 aliphatic carbocycles. The fraction of sp³-hybridized carbons (Fsp3) is 0. The second kappa shape index (κ2) is 4.85. The molecule has 3 nitrogen and oxygen atoms in total. The molecule has 0 atom stereocenters. The van der Waals surface area contributed by atoms with Gasteiger partial charge in [-0.2, -0.15) is 27.7 Å². The Bertz CT molecular complexity index is 897. The van der Waals surface area contributed by atoms with Gasteiger partial charge in [0.25, 0.3) is 0 Å². The molecule has 2 aromatic heterocycles. The molecule has 0 amide bonds. The third-order valence-electron chi connectivity index (χ3n) is 3.13. The number of aromatic nitrogens is 2. The SMILES string of the molecule is Fc1ccnn1-c1[c-]ccc2c1oc1ccccc12.[Ir]. The van der Waals surface area contributed by atoms with E-state index >= 15 is 0 Å². The summed E-state index contributed by atoms with van der Waals surface area (Å²) in [4.78, 5) is 0. The molecule has 0 bridgehead atoms. The van der Waals surface area contributed by atoms with E-state index in [1.165, 1.54) is 16.9 Å². The van der Waals surface area contributed by atoms with Gasteiger partial charge in [0, 0.05) is 37.1 Å². The standard InChI is InChI=1S/C15H8FN2O.Ir/c16-14-8-9-17-18(14)12-6-3-5-11-10-4-1-2-7-13(10)19-15(11)12;/h1-5,7-9H;/q-1;. The first kappa shape index (κ1) is 13.0. The van der Waals surface area contributed by atoms with Crippen LogP contribution in [0.2, 0.25) is 0 Å². The maximum absolute atomic E-state index is 13.7. The fourth-order valence-electron chi connectivity index (χ4n) is 2.29. The summed E-state index contributed by atoms with van der Waals surface area (Å²) in [5.74, 6) is -0.441. The van der Waals surface area contributed by atoms with Crippen LogP contribution >= 0.6 is 0 Å². The Morgan fingerprint density at radius 2 is 1.95 bits per heavy atom. The van der Waals surface area contributed by atoms with Gasteiger partial charge < -0.3 is 4.42 Å². The van der Waals surface area contributed by atoms with Crippen LogP contribution < -0.4 is 0 Å². The number of benzene rings is 2. The van der Waals surface area contributed by atoms with E-state index in [9.17, 15) is 4.39 Å². The van der Waals surface area contributed by atoms with Crippen molar-refractivity contribution in [3.05, 3.63) is 60.7 Å². The molecule has 4 rings (SSSR count). The van der Waals surface area contributed by atoms with Crippen LogP contribution in [0.4, 0.5) is 4.39 Å². The number of para-hydroxylation sites is 1. The van der Waals surface area contributed by atoms with Gasteiger partial charge in [0.05, 0.1) is 6.20 Å². The number of halogens is 1. The van der Waals surface area contributed by atoms with Crippen molar-refractivity contribution in [2.45, 2.75) is 0 Å². The maximum atomic E-state index is 13.7. The van der Waals surface area contributed by atoms with E-state index < -0.39 is 5.95 Å². The van der Waals surface area contributed by atoms with Crippen molar-refractivity contribution < 1.29 is 28.9 Å². The van der Waals surface area contributed by atoms with E-state index in [2.05, 4.69) is 11.2 Å². The van der Waals surface area contributed by atoms with Crippen LogP contribution in [0.5, 0.6) is 0 Å². The molecule has 2 heterocycles. The zero-order chi connectivity index (χ0) is 12.8. The predicted octanol–water partition coefficient (Wildman–Crippen LogP) is 3.71. The minimum atomic E-state index is -0.441. The Morgan fingerprint density at radius 1 is 1.10 bits per heavy atom. The molecule has 0 saturated heterocycles. The van der Waals surface area contributed by atoms with Crippen molar-refractivity contribution in [2.75, 3.05) is 0 Å². The van der Waals surface area contributed by atoms with E-state index in [-0.39, 0.29) is 20.1 Å². The van der Waals surface area contributed by atoms with Crippen LogP contribution in [0.15, 0.2) is 53.1 Å². The van der Waals surface area contributed by atoms with E-state index in [4.69, 9.17) is 4.42 Å². The van der Waals surface area contributed by atoms with Gasteiger partial charge in [-0.15, -0.1) is 0 Å². The summed E-state index contributed by atoms with van der Waals surface area (Å²) in [7, 11) is 0. The molecule has 101 valence electrons. The number of furan rings is 1. The number of hydrogen-bond acceptors (Lipinski definition) is 2. The molecule has 2 aromatic carbocycles. The van der Waals surface area contributed by atoms with Crippen molar-refractivity contribution >= 4 is 21.9 Å². The first-order chi connectivity index (χ1) is 9.34. The van der Waals surface area contributed by atoms with E-state index in [0.717, 1.165) is 16.4 Å². The first-order valence-corrected chi connectivity index (χ1v) is 5.86. The van der Waals surface area contributed by atoms with Gasteiger partial charge >= 0.3 is 0 Å². The van der Waals surface area contributed by atoms with Gasteiger partial charge in [0.2, 0.25) is 5.95 Å². The predicted molar refractivity (Wildman–Crippen MR) is 69.6 cm³/mol. The monoisotopic (exact) mass is 444 g/mol. The van der Waals surface area contributed by atoms with Crippen molar-refractivity contribution in [3.8, 4) is 5.69 Å². The van der Waals surface area contributed by atoms with Crippen LogP contribution in [-0.2, 0) is 20.1 Å². The summed E-state index contributed by atoms with van der Waals surface area (Å²) in [6.07, 6.45) is 1.41. The Morgan fingerprint density at radius 3 is 2.75 bits per heavy atom. The van der Waals surface area contributed by atoms with Crippen molar-refractivity contribution in [2.24, 2.45) is 0 Å². The summed E-state index contributed by atoms with van der Waals surface area (Å²) in [5.41, 5.74) is 1.84. The van der Waals surface area contributed by atoms with Gasteiger partial charge in [0.1, 0.15) is 5.58 Å². The Balaban J connectivity index is 0.00000121. The fourth-order valence-corrected chi connectivity index (χ4v) is 2.29. The molecule has 0 aliphatic heterocycles. The minimum absolute atomic E-state index is 0. The second-order valence-electron chi connectivity index (χ2n) is 4.23. The van der Waals surface area contributed by atoms with Crippen molar-refractivity contribution in [3.63, 3.8) is 0 Å². The number of rotatable bonds is 1. The first-order valence-electron chi connectivity index (χ1n) is 5.86. The molecule has 0 unspecified atom stereocenters. The number of nitrogens with zero attached hydrogens (tertiary/aromatic N) is 2. The molecule has 0 saturated carbocycles. The van der Waals surface area contributed by atoms with Crippen molar-refractivity contribution in [1.29, 1.82) is 0 Å². The zero-order valence-electron chi connectivity index (χ0n) is 10.1. The van der Waals surface area contributed by atoms with E-state index in [1.54, 1.807) is 6.07 Å². The summed E-state index contributed by atoms with van der Waals surface area (Å²) in [5, 5.41) is 5.89. The van der Waals surface area contributed by atoms with E-state index in [0.29, 0.717) is 11.3 Å². The molecule has 4 aromatic rings. The van der Waals surface area contributed by atoms with Gasteiger partial charge in [-0.1, -0.05) is 23.6 Å². The van der Waals surface area contributed by atoms with Crippen LogP contribution in [0.3, 0.4) is 0 Å². The third-order valence-corrected chi connectivity index (χ3v) is 3.13. The van der Waals surface area contributed by atoms with Crippen LogP contribution in [0, 0.1) is 12.0 Å². The van der Waals surface area contributed by atoms with Crippen molar-refractivity contribution in [1.82, 2.24) is 9.78 Å². The molecular formula is C15H8FIrN2O-. The largest absolute Gasteiger partial charge is 0.513 e. The summed E-state index contributed by atoms with van der Waals surface area (Å²) < 4.78 is 20.6. The van der Waals surface area contributed by atoms with Gasteiger partial charge in [-0.3, -0.25) is 0 Å². The van der Waals surface area contributed by atoms with Gasteiger partial charge in [-0.25, -0.2) is 4.68 Å². The Hall–Kier alpha value is -1.97. The Kier molecular flexibility index (Phi) is 3.16. The summed E-state index contributed by atoms with van der Waals surface area (Å²) in [6, 6.07) is 15.7. The molecule has 0 aliphatic rings. The van der Waals surface area contributed by atoms with E-state index in [1.807, 2.05) is 30.3 Å². The van der Waals surface area contributed by atoms with Gasteiger partial charge in [-0.05, 0) is 11.8 Å². The van der Waals surface area contributed by atoms with Crippen LogP contribution in [-0.4, -0.2) is 9.78 Å². The topological polar surface area (TPSA) is 31.0 Å². The molecule has 1 radical (unpaired) electrons.